The summed E-state index contributed by atoms with van der Waals surface area (Å²) < 4.78 is 10.1. The number of rotatable bonds is 8. The first-order chi connectivity index (χ1) is 9.74. The lowest BCUT2D eigenvalue weighted by Gasteiger charge is -2.26. The Bertz CT molecular complexity index is 293. The molecule has 1 fully saturated rings. The molecule has 1 aliphatic rings. The van der Waals surface area contributed by atoms with Gasteiger partial charge in [-0.05, 0) is 19.4 Å². The van der Waals surface area contributed by atoms with Crippen molar-refractivity contribution in [1.82, 2.24) is 15.5 Å². The van der Waals surface area contributed by atoms with Crippen molar-refractivity contribution >= 4 is 11.8 Å². The van der Waals surface area contributed by atoms with Gasteiger partial charge in [-0.25, -0.2) is 0 Å². The number of methoxy groups -OCH3 is 1. The second-order valence-electron chi connectivity index (χ2n) is 4.67. The van der Waals surface area contributed by atoms with Gasteiger partial charge in [0.15, 0.2) is 0 Å². The zero-order chi connectivity index (χ0) is 14.6. The maximum absolute atomic E-state index is 11.5. The van der Waals surface area contributed by atoms with Gasteiger partial charge < -0.3 is 20.1 Å². The van der Waals surface area contributed by atoms with Crippen LogP contribution in [-0.2, 0) is 19.1 Å². The average Bonchev–Trinajstić information content (AvgIpc) is 2.48. The van der Waals surface area contributed by atoms with Crippen LogP contribution in [0.25, 0.3) is 0 Å². The Kier molecular flexibility index (Phi) is 8.93. The highest BCUT2D eigenvalue weighted by molar-refractivity contribution is 6.35. The molecule has 1 heterocycles. The van der Waals surface area contributed by atoms with E-state index in [0.29, 0.717) is 26.1 Å². The van der Waals surface area contributed by atoms with Crippen LogP contribution in [0.4, 0.5) is 0 Å². The largest absolute Gasteiger partial charge is 0.385 e. The lowest BCUT2D eigenvalue weighted by Crippen LogP contribution is -2.42. The van der Waals surface area contributed by atoms with E-state index in [1.807, 2.05) is 0 Å². The molecule has 7 nitrogen and oxygen atoms in total. The number of ether oxygens (including phenoxy) is 2. The van der Waals surface area contributed by atoms with E-state index in [2.05, 4.69) is 15.5 Å². The van der Waals surface area contributed by atoms with Gasteiger partial charge in [0.05, 0.1) is 13.2 Å². The maximum atomic E-state index is 11.5. The van der Waals surface area contributed by atoms with Gasteiger partial charge >= 0.3 is 11.8 Å². The maximum Gasteiger partial charge on any atom is 0.309 e. The summed E-state index contributed by atoms with van der Waals surface area (Å²) in [5.41, 5.74) is 0. The molecule has 0 atom stereocenters. The number of amides is 2. The molecule has 0 aromatic heterocycles. The number of morpholine rings is 1. The highest BCUT2D eigenvalue weighted by Gasteiger charge is 2.13. The second-order valence-corrected chi connectivity index (χ2v) is 4.67. The lowest BCUT2D eigenvalue weighted by atomic mass is 10.3. The third-order valence-electron chi connectivity index (χ3n) is 3.06. The normalized spacial score (nSPS) is 15.8. The fourth-order valence-electron chi connectivity index (χ4n) is 1.91. The molecule has 2 amide bonds. The summed E-state index contributed by atoms with van der Waals surface area (Å²) in [4.78, 5) is 25.2. The highest BCUT2D eigenvalue weighted by atomic mass is 16.5. The molecular weight excluding hydrogens is 262 g/mol. The van der Waals surface area contributed by atoms with E-state index in [9.17, 15) is 9.59 Å². The Balaban J connectivity index is 1.99. The molecule has 1 aliphatic heterocycles. The summed E-state index contributed by atoms with van der Waals surface area (Å²) in [6, 6.07) is 0. The minimum absolute atomic E-state index is 0.452. The summed E-state index contributed by atoms with van der Waals surface area (Å²) >= 11 is 0. The summed E-state index contributed by atoms with van der Waals surface area (Å²) in [5.74, 6) is -1.14. The number of hydrogen-bond acceptors (Lipinski definition) is 5. The van der Waals surface area contributed by atoms with E-state index in [0.717, 1.165) is 39.3 Å². The van der Waals surface area contributed by atoms with Crippen LogP contribution in [0.5, 0.6) is 0 Å². The van der Waals surface area contributed by atoms with Crippen molar-refractivity contribution in [2.45, 2.75) is 12.8 Å². The van der Waals surface area contributed by atoms with E-state index in [4.69, 9.17) is 9.47 Å². The molecule has 116 valence electrons. The first-order valence-corrected chi connectivity index (χ1v) is 7.09. The number of nitrogens with one attached hydrogen (secondary N) is 2. The number of nitrogens with zero attached hydrogens (tertiary/aromatic N) is 1. The molecule has 0 aliphatic carbocycles. The van der Waals surface area contributed by atoms with Crippen LogP contribution in [0, 0.1) is 0 Å². The predicted molar refractivity (Wildman–Crippen MR) is 74.4 cm³/mol. The van der Waals surface area contributed by atoms with Crippen molar-refractivity contribution in [2.24, 2.45) is 0 Å². The molecule has 0 spiro atoms. The number of hydrogen-bond donors (Lipinski definition) is 2. The molecule has 0 aromatic rings. The molecule has 7 heteroatoms. The molecule has 1 rings (SSSR count). The monoisotopic (exact) mass is 287 g/mol. The van der Waals surface area contributed by atoms with Crippen LogP contribution < -0.4 is 10.6 Å². The highest BCUT2D eigenvalue weighted by Crippen LogP contribution is 1.97. The first-order valence-electron chi connectivity index (χ1n) is 7.09. The van der Waals surface area contributed by atoms with Crippen molar-refractivity contribution in [1.29, 1.82) is 0 Å². The fourth-order valence-corrected chi connectivity index (χ4v) is 1.91. The summed E-state index contributed by atoms with van der Waals surface area (Å²) in [5, 5.41) is 5.17. The molecule has 20 heavy (non-hydrogen) atoms. The molecule has 0 unspecified atom stereocenters. The van der Waals surface area contributed by atoms with Crippen molar-refractivity contribution in [3.63, 3.8) is 0 Å². The Labute approximate surface area is 120 Å². The van der Waals surface area contributed by atoms with Crippen LogP contribution in [0.3, 0.4) is 0 Å². The molecule has 0 saturated carbocycles. The standard InChI is InChI=1S/C13H25N3O4/c1-19-9-3-5-15-13(18)12(17)14-4-2-6-16-7-10-20-11-8-16/h2-11H2,1H3,(H,14,17)(H,15,18). The zero-order valence-electron chi connectivity index (χ0n) is 12.2. The zero-order valence-corrected chi connectivity index (χ0v) is 12.2. The molecule has 0 radical (unpaired) electrons. The van der Waals surface area contributed by atoms with Gasteiger partial charge in [0.2, 0.25) is 0 Å². The van der Waals surface area contributed by atoms with E-state index < -0.39 is 11.8 Å². The Hall–Kier alpha value is -1.18. The molecule has 0 bridgehead atoms. The number of carbonyl (C=O) groups is 2. The Morgan fingerprint density at radius 1 is 1.10 bits per heavy atom. The second kappa shape index (κ2) is 10.6. The van der Waals surface area contributed by atoms with E-state index >= 15 is 0 Å². The van der Waals surface area contributed by atoms with Crippen LogP contribution in [0.2, 0.25) is 0 Å². The van der Waals surface area contributed by atoms with Crippen molar-refractivity contribution < 1.29 is 19.1 Å². The minimum Gasteiger partial charge on any atom is -0.385 e. The van der Waals surface area contributed by atoms with Gasteiger partial charge in [0.1, 0.15) is 0 Å². The van der Waals surface area contributed by atoms with Crippen molar-refractivity contribution in [3.05, 3.63) is 0 Å². The fraction of sp³-hybridized carbons (Fsp3) is 0.846. The van der Waals surface area contributed by atoms with Crippen LogP contribution in [-0.4, -0.2) is 76.4 Å². The summed E-state index contributed by atoms with van der Waals surface area (Å²) in [6.45, 7) is 5.88. The van der Waals surface area contributed by atoms with Gasteiger partial charge in [0, 0.05) is 39.9 Å². The minimum atomic E-state index is -0.576. The Morgan fingerprint density at radius 2 is 1.70 bits per heavy atom. The molecule has 2 N–H and O–H groups in total. The van der Waals surface area contributed by atoms with Gasteiger partial charge in [-0.15, -0.1) is 0 Å². The topological polar surface area (TPSA) is 79.9 Å². The third-order valence-corrected chi connectivity index (χ3v) is 3.06. The van der Waals surface area contributed by atoms with Gasteiger partial charge in [-0.2, -0.15) is 0 Å². The Morgan fingerprint density at radius 3 is 2.30 bits per heavy atom. The quantitative estimate of drug-likeness (QED) is 0.441. The summed E-state index contributed by atoms with van der Waals surface area (Å²) in [7, 11) is 1.60. The lowest BCUT2D eigenvalue weighted by molar-refractivity contribution is -0.139. The first kappa shape index (κ1) is 16.9. The van der Waals surface area contributed by atoms with E-state index in [1.165, 1.54) is 0 Å². The molecule has 1 saturated heterocycles. The van der Waals surface area contributed by atoms with E-state index in [1.54, 1.807) is 7.11 Å². The number of carbonyl (C=O) groups excluding carboxylic acids is 2. The smallest absolute Gasteiger partial charge is 0.309 e. The summed E-state index contributed by atoms with van der Waals surface area (Å²) in [6.07, 6.45) is 1.54. The molecular formula is C13H25N3O4. The van der Waals surface area contributed by atoms with Gasteiger partial charge in [-0.1, -0.05) is 0 Å². The molecule has 0 aromatic carbocycles. The van der Waals surface area contributed by atoms with Crippen molar-refractivity contribution in [3.8, 4) is 0 Å². The van der Waals surface area contributed by atoms with Crippen LogP contribution in [0.1, 0.15) is 12.8 Å². The van der Waals surface area contributed by atoms with Crippen LogP contribution >= 0.6 is 0 Å². The third kappa shape index (κ3) is 7.42. The van der Waals surface area contributed by atoms with Crippen molar-refractivity contribution in [2.75, 3.05) is 59.7 Å². The SMILES string of the molecule is COCCCNC(=O)C(=O)NCCCN1CCOCC1. The predicted octanol–water partition coefficient (Wildman–Crippen LogP) is -1.02. The van der Waals surface area contributed by atoms with Gasteiger partial charge in [0.25, 0.3) is 0 Å². The average molecular weight is 287 g/mol. The van der Waals surface area contributed by atoms with Crippen LogP contribution in [0.15, 0.2) is 0 Å². The van der Waals surface area contributed by atoms with Gasteiger partial charge in [-0.3, -0.25) is 14.5 Å². The van der Waals surface area contributed by atoms with E-state index in [-0.39, 0.29) is 0 Å².